The quantitative estimate of drug-likeness (QED) is 0.425. The molecule has 7 heteroatoms. The van der Waals surface area contributed by atoms with Gasteiger partial charge < -0.3 is 29.9 Å². The van der Waals surface area contributed by atoms with E-state index in [1.807, 2.05) is 6.07 Å². The molecule has 168 valence electrons. The number of rotatable bonds is 4. The summed E-state index contributed by atoms with van der Waals surface area (Å²) in [4.78, 5) is 0. The van der Waals surface area contributed by atoms with Crippen LogP contribution in [0.3, 0.4) is 0 Å². The maximum Gasteiger partial charge on any atom is 0.229 e. The van der Waals surface area contributed by atoms with E-state index in [9.17, 15) is 20.4 Å². The van der Waals surface area contributed by atoms with E-state index < -0.39 is 45.4 Å². The minimum Gasteiger partial charge on any atom is -0.460 e. The van der Waals surface area contributed by atoms with E-state index in [1.54, 1.807) is 0 Å². The first kappa shape index (κ1) is 24.9. The molecule has 1 heterocycles. The molecule has 4 N–H and O–H groups in total. The first-order valence-corrected chi connectivity index (χ1v) is 14.0. The van der Waals surface area contributed by atoms with Crippen molar-refractivity contribution in [1.29, 1.82) is 0 Å². The summed E-state index contributed by atoms with van der Waals surface area (Å²) in [5, 5.41) is 40.1. The van der Waals surface area contributed by atoms with Crippen molar-refractivity contribution >= 4 is 8.07 Å². The van der Waals surface area contributed by atoms with Crippen molar-refractivity contribution in [2.45, 2.75) is 89.9 Å². The predicted octanol–water partition coefficient (Wildman–Crippen LogP) is 1.95. The van der Waals surface area contributed by atoms with Gasteiger partial charge in [-0.15, -0.1) is 5.54 Å². The van der Waals surface area contributed by atoms with E-state index in [1.165, 1.54) is 0 Å². The van der Waals surface area contributed by atoms with E-state index in [0.29, 0.717) is 11.3 Å². The molecule has 0 amide bonds. The summed E-state index contributed by atoms with van der Waals surface area (Å²) in [6, 6.07) is 4.06. The highest BCUT2D eigenvalue weighted by Crippen LogP contribution is 2.37. The molecule has 1 aromatic rings. The van der Waals surface area contributed by atoms with Gasteiger partial charge in [-0.1, -0.05) is 59.3 Å². The number of aliphatic hydroxyl groups is 4. The SMILES string of the molecule is CCc1cc(C#C[Si](C)(C)C)c(O[C@@H]2O[C@H](CO)[C@@H](O)[C@H](O)[C@H]2O)c(C(C)(C)C)c1. The average Bonchev–Trinajstić information content (AvgIpc) is 2.65. The average molecular weight is 437 g/mol. The van der Waals surface area contributed by atoms with E-state index in [0.717, 1.165) is 17.5 Å². The van der Waals surface area contributed by atoms with E-state index >= 15 is 0 Å². The Morgan fingerprint density at radius 3 is 2.20 bits per heavy atom. The molecule has 1 fully saturated rings. The highest BCUT2D eigenvalue weighted by molar-refractivity contribution is 6.83. The maximum absolute atomic E-state index is 10.5. The maximum atomic E-state index is 10.5. The highest BCUT2D eigenvalue weighted by atomic mass is 28.3. The lowest BCUT2D eigenvalue weighted by Crippen LogP contribution is -2.60. The highest BCUT2D eigenvalue weighted by Gasteiger charge is 2.45. The van der Waals surface area contributed by atoms with Crippen LogP contribution in [-0.2, 0) is 16.6 Å². The molecule has 1 aliphatic heterocycles. The van der Waals surface area contributed by atoms with Gasteiger partial charge in [-0.2, -0.15) is 0 Å². The molecular formula is C23H36O6Si. The second kappa shape index (κ2) is 9.39. The predicted molar refractivity (Wildman–Crippen MR) is 119 cm³/mol. The van der Waals surface area contributed by atoms with Gasteiger partial charge in [0.2, 0.25) is 6.29 Å². The zero-order chi connectivity index (χ0) is 22.9. The van der Waals surface area contributed by atoms with Gasteiger partial charge in [-0.25, -0.2) is 0 Å². The molecule has 0 saturated carbocycles. The van der Waals surface area contributed by atoms with Crippen LogP contribution in [0.1, 0.15) is 44.4 Å². The molecular weight excluding hydrogens is 400 g/mol. The van der Waals surface area contributed by atoms with Crippen LogP contribution in [0.4, 0.5) is 0 Å². The molecule has 0 unspecified atom stereocenters. The molecule has 1 saturated heterocycles. The number of ether oxygens (including phenoxy) is 2. The lowest BCUT2D eigenvalue weighted by molar-refractivity contribution is -0.277. The standard InChI is InChI=1S/C23H36O6Si/c1-8-14-11-15(9-10-30(5,6)7)21(16(12-14)23(2,3)4)29-22-20(27)19(26)18(25)17(13-24)28-22/h11-12,17-20,22,24-27H,8,13H2,1-7H3/t17-,18-,19+,20-,22+/m1/s1. The van der Waals surface area contributed by atoms with Crippen molar-refractivity contribution in [1.82, 2.24) is 0 Å². The normalized spacial score (nSPS) is 27.4. The van der Waals surface area contributed by atoms with Crippen LogP contribution in [-0.4, -0.2) is 65.8 Å². The molecule has 0 aromatic heterocycles. The number of aryl methyl sites for hydroxylation is 1. The summed E-state index contributed by atoms with van der Waals surface area (Å²) in [6.07, 6.45) is -5.84. The summed E-state index contributed by atoms with van der Waals surface area (Å²) in [5.74, 6) is 3.77. The van der Waals surface area contributed by atoms with E-state index in [4.69, 9.17) is 9.47 Å². The van der Waals surface area contributed by atoms with Crippen molar-refractivity contribution in [3.63, 3.8) is 0 Å². The summed E-state index contributed by atoms with van der Waals surface area (Å²) >= 11 is 0. The molecule has 0 spiro atoms. The Balaban J connectivity index is 2.59. The molecule has 1 aliphatic rings. The van der Waals surface area contributed by atoms with Gasteiger partial charge in [0, 0.05) is 5.56 Å². The lowest BCUT2D eigenvalue weighted by Gasteiger charge is -2.40. The summed E-state index contributed by atoms with van der Waals surface area (Å²) in [7, 11) is -1.66. The van der Waals surface area contributed by atoms with Crippen molar-refractivity contribution < 1.29 is 29.9 Å². The molecule has 5 atom stereocenters. The summed E-state index contributed by atoms with van der Waals surface area (Å²) in [5.41, 5.74) is 5.84. The van der Waals surface area contributed by atoms with Gasteiger partial charge in [0.05, 0.1) is 12.2 Å². The monoisotopic (exact) mass is 436 g/mol. The molecule has 0 bridgehead atoms. The summed E-state index contributed by atoms with van der Waals surface area (Å²) < 4.78 is 11.7. The van der Waals surface area contributed by atoms with Crippen LogP contribution in [0.2, 0.25) is 19.6 Å². The van der Waals surface area contributed by atoms with Gasteiger partial charge in [-0.05, 0) is 23.5 Å². The first-order valence-electron chi connectivity index (χ1n) is 10.5. The van der Waals surface area contributed by atoms with Gasteiger partial charge in [-0.3, -0.25) is 0 Å². The third-order valence-electron chi connectivity index (χ3n) is 5.02. The third-order valence-corrected chi connectivity index (χ3v) is 5.89. The molecule has 0 aliphatic carbocycles. The second-order valence-electron chi connectivity index (χ2n) is 9.94. The fourth-order valence-corrected chi connectivity index (χ4v) is 3.72. The zero-order valence-corrected chi connectivity index (χ0v) is 20.1. The largest absolute Gasteiger partial charge is 0.460 e. The van der Waals surface area contributed by atoms with E-state index in [-0.39, 0.29) is 5.41 Å². The minimum absolute atomic E-state index is 0.274. The number of aliphatic hydroxyl groups excluding tert-OH is 4. The van der Waals surface area contributed by atoms with Crippen molar-refractivity contribution in [3.05, 3.63) is 28.8 Å². The molecule has 6 nitrogen and oxygen atoms in total. The molecule has 1 aromatic carbocycles. The lowest BCUT2D eigenvalue weighted by atomic mass is 9.83. The van der Waals surface area contributed by atoms with Crippen LogP contribution < -0.4 is 4.74 Å². The third kappa shape index (κ3) is 5.85. The smallest absolute Gasteiger partial charge is 0.229 e. The van der Waals surface area contributed by atoms with E-state index in [2.05, 4.69) is 64.9 Å². The zero-order valence-electron chi connectivity index (χ0n) is 19.1. The number of benzene rings is 1. The second-order valence-corrected chi connectivity index (χ2v) is 14.7. The van der Waals surface area contributed by atoms with Crippen molar-refractivity contribution in [2.24, 2.45) is 0 Å². The van der Waals surface area contributed by atoms with Gasteiger partial charge in [0.1, 0.15) is 38.2 Å². The van der Waals surface area contributed by atoms with Crippen molar-refractivity contribution in [2.75, 3.05) is 6.61 Å². The first-order chi connectivity index (χ1) is 13.8. The number of hydrogen-bond acceptors (Lipinski definition) is 6. The molecule has 0 radical (unpaired) electrons. The number of hydrogen-bond donors (Lipinski definition) is 4. The van der Waals surface area contributed by atoms with Crippen LogP contribution in [0, 0.1) is 11.5 Å². The van der Waals surface area contributed by atoms with Crippen LogP contribution in [0.15, 0.2) is 12.1 Å². The Labute approximate surface area is 180 Å². The fraction of sp³-hybridized carbons (Fsp3) is 0.652. The fourth-order valence-electron chi connectivity index (χ4n) is 3.21. The molecule has 2 rings (SSSR count). The van der Waals surface area contributed by atoms with Crippen LogP contribution in [0.25, 0.3) is 0 Å². The topological polar surface area (TPSA) is 99.4 Å². The van der Waals surface area contributed by atoms with Crippen LogP contribution in [0.5, 0.6) is 5.75 Å². The van der Waals surface area contributed by atoms with Gasteiger partial charge in [0.25, 0.3) is 0 Å². The Bertz CT molecular complexity index is 797. The van der Waals surface area contributed by atoms with Gasteiger partial charge >= 0.3 is 0 Å². The minimum atomic E-state index is -1.66. The Kier molecular flexibility index (Phi) is 7.78. The molecule has 30 heavy (non-hydrogen) atoms. The summed E-state index contributed by atoms with van der Waals surface area (Å²) in [6.45, 7) is 14.3. The Morgan fingerprint density at radius 1 is 1.07 bits per heavy atom. The van der Waals surface area contributed by atoms with Crippen molar-refractivity contribution in [3.8, 4) is 17.2 Å². The Morgan fingerprint density at radius 2 is 1.70 bits per heavy atom. The van der Waals surface area contributed by atoms with Gasteiger partial charge in [0.15, 0.2) is 0 Å². The Hall–Kier alpha value is -1.40. The van der Waals surface area contributed by atoms with Crippen LogP contribution >= 0.6 is 0 Å².